The number of ether oxygens (including phenoxy) is 2. The van der Waals surface area contributed by atoms with Gasteiger partial charge in [-0.2, -0.15) is 0 Å². The molecule has 0 bridgehead atoms. The van der Waals surface area contributed by atoms with E-state index in [0.717, 1.165) is 0 Å². The molecule has 0 aliphatic carbocycles. The second kappa shape index (κ2) is 7.17. The van der Waals surface area contributed by atoms with Crippen LogP contribution in [-0.2, 0) is 19.8 Å². The number of carbonyl (C=O) groups is 3. The van der Waals surface area contributed by atoms with Crippen molar-refractivity contribution in [3.63, 3.8) is 0 Å². The monoisotopic (exact) mass is 342 g/mol. The van der Waals surface area contributed by atoms with E-state index in [1.54, 1.807) is 55.5 Å². The zero-order chi connectivity index (χ0) is 18.6. The van der Waals surface area contributed by atoms with Crippen molar-refractivity contribution in [1.29, 1.82) is 0 Å². The molecule has 2 aromatic rings. The van der Waals surface area contributed by atoms with Crippen LogP contribution >= 0.6 is 0 Å². The van der Waals surface area contributed by atoms with Crippen LogP contribution in [-0.4, -0.2) is 23.0 Å². The molecule has 0 radical (unpaired) electrons. The van der Waals surface area contributed by atoms with E-state index in [1.807, 2.05) is 0 Å². The minimum atomic E-state index is -1.32. The summed E-state index contributed by atoms with van der Waals surface area (Å²) in [6, 6.07) is 12.6. The average molecular weight is 342 g/mol. The van der Waals surface area contributed by atoms with E-state index in [0.29, 0.717) is 22.6 Å². The molecule has 6 heteroatoms. The molecule has 0 saturated carbocycles. The Bertz CT molecular complexity index is 730. The molecule has 0 spiro atoms. The van der Waals surface area contributed by atoms with Crippen LogP contribution in [0.4, 0.5) is 0 Å². The zero-order valence-electron chi connectivity index (χ0n) is 14.1. The molecule has 2 aromatic carbocycles. The van der Waals surface area contributed by atoms with Gasteiger partial charge in [0.2, 0.25) is 0 Å². The quantitative estimate of drug-likeness (QED) is 0.664. The van der Waals surface area contributed by atoms with Crippen LogP contribution < -0.4 is 9.47 Å². The third-order valence-electron chi connectivity index (χ3n) is 3.81. The first kappa shape index (κ1) is 18.2. The Balaban J connectivity index is 2.39. The number of esters is 2. The van der Waals surface area contributed by atoms with Crippen molar-refractivity contribution in [1.82, 2.24) is 0 Å². The molecule has 0 amide bonds. The van der Waals surface area contributed by atoms with Crippen molar-refractivity contribution in [3.8, 4) is 11.5 Å². The number of rotatable bonds is 5. The molecule has 130 valence electrons. The number of hydrogen-bond donors (Lipinski definition) is 1. The van der Waals surface area contributed by atoms with Crippen LogP contribution in [0.5, 0.6) is 11.5 Å². The van der Waals surface area contributed by atoms with Crippen molar-refractivity contribution < 1.29 is 29.0 Å². The second-order valence-corrected chi connectivity index (χ2v) is 5.67. The lowest BCUT2D eigenvalue weighted by atomic mass is 9.76. The van der Waals surface area contributed by atoms with Gasteiger partial charge in [-0.3, -0.25) is 14.4 Å². The molecule has 0 saturated heterocycles. The predicted octanol–water partition coefficient (Wildman–Crippen LogP) is 2.93. The number of benzene rings is 2. The Morgan fingerprint density at radius 3 is 1.32 bits per heavy atom. The summed E-state index contributed by atoms with van der Waals surface area (Å²) in [6.07, 6.45) is 0. The van der Waals surface area contributed by atoms with E-state index >= 15 is 0 Å². The Morgan fingerprint density at radius 2 is 1.08 bits per heavy atom. The van der Waals surface area contributed by atoms with E-state index in [1.165, 1.54) is 13.8 Å². The first-order valence-corrected chi connectivity index (χ1v) is 7.55. The average Bonchev–Trinajstić information content (AvgIpc) is 2.54. The fourth-order valence-corrected chi connectivity index (χ4v) is 2.46. The van der Waals surface area contributed by atoms with E-state index < -0.39 is 23.3 Å². The van der Waals surface area contributed by atoms with Gasteiger partial charge in [-0.25, -0.2) is 0 Å². The minimum absolute atomic E-state index is 0.342. The third kappa shape index (κ3) is 4.03. The molecule has 25 heavy (non-hydrogen) atoms. The second-order valence-electron chi connectivity index (χ2n) is 5.67. The predicted molar refractivity (Wildman–Crippen MR) is 89.6 cm³/mol. The maximum Gasteiger partial charge on any atom is 0.318 e. The molecule has 0 heterocycles. The molecule has 0 unspecified atom stereocenters. The fraction of sp³-hybridized carbons (Fsp3) is 0.211. The summed E-state index contributed by atoms with van der Waals surface area (Å²) < 4.78 is 9.93. The smallest absolute Gasteiger partial charge is 0.318 e. The van der Waals surface area contributed by atoms with Gasteiger partial charge in [-0.1, -0.05) is 24.3 Å². The minimum Gasteiger partial charge on any atom is -0.480 e. The SMILES string of the molecule is CC(=O)Oc1ccc(C(C)(C(=O)O)c2ccc(OC(C)=O)cc2)cc1. The Hall–Kier alpha value is -3.15. The Morgan fingerprint density at radius 1 is 0.760 bits per heavy atom. The van der Waals surface area contributed by atoms with Crippen molar-refractivity contribution in [2.75, 3.05) is 0 Å². The topological polar surface area (TPSA) is 89.9 Å². The van der Waals surface area contributed by atoms with Gasteiger partial charge in [-0.05, 0) is 42.3 Å². The molecule has 0 aliphatic rings. The molecule has 0 atom stereocenters. The fourth-order valence-electron chi connectivity index (χ4n) is 2.46. The molecule has 2 rings (SSSR count). The molecule has 0 aromatic heterocycles. The molecule has 0 aliphatic heterocycles. The van der Waals surface area contributed by atoms with Gasteiger partial charge in [0.05, 0.1) is 0 Å². The van der Waals surface area contributed by atoms with Crippen molar-refractivity contribution in [2.24, 2.45) is 0 Å². The summed E-state index contributed by atoms with van der Waals surface area (Å²) in [5.41, 5.74) is -0.268. The van der Waals surface area contributed by atoms with Crippen LogP contribution in [0, 0.1) is 0 Å². The third-order valence-corrected chi connectivity index (χ3v) is 3.81. The largest absolute Gasteiger partial charge is 0.480 e. The van der Waals surface area contributed by atoms with Crippen molar-refractivity contribution >= 4 is 17.9 Å². The van der Waals surface area contributed by atoms with Crippen LogP contribution in [0.1, 0.15) is 31.9 Å². The Labute approximate surface area is 145 Å². The first-order chi connectivity index (χ1) is 11.7. The maximum atomic E-state index is 12.0. The van der Waals surface area contributed by atoms with Gasteiger partial charge in [0, 0.05) is 13.8 Å². The highest BCUT2D eigenvalue weighted by molar-refractivity contribution is 5.85. The van der Waals surface area contributed by atoms with Crippen molar-refractivity contribution in [2.45, 2.75) is 26.2 Å². The van der Waals surface area contributed by atoms with Gasteiger partial charge >= 0.3 is 17.9 Å². The Kier molecular flexibility index (Phi) is 5.22. The summed E-state index contributed by atoms with van der Waals surface area (Å²) in [5, 5.41) is 9.80. The summed E-state index contributed by atoms with van der Waals surface area (Å²) in [6.45, 7) is 4.16. The van der Waals surface area contributed by atoms with Gasteiger partial charge in [0.1, 0.15) is 16.9 Å². The zero-order valence-corrected chi connectivity index (χ0v) is 14.1. The normalized spacial score (nSPS) is 10.8. The summed E-state index contributed by atoms with van der Waals surface area (Å²) >= 11 is 0. The number of aliphatic carboxylic acids is 1. The lowest BCUT2D eigenvalue weighted by Crippen LogP contribution is -2.33. The molecule has 1 N–H and O–H groups in total. The van der Waals surface area contributed by atoms with E-state index in [9.17, 15) is 19.5 Å². The number of hydrogen-bond acceptors (Lipinski definition) is 5. The number of carbonyl (C=O) groups excluding carboxylic acids is 2. The van der Waals surface area contributed by atoms with Gasteiger partial charge in [-0.15, -0.1) is 0 Å². The molecule has 6 nitrogen and oxygen atoms in total. The van der Waals surface area contributed by atoms with E-state index in [4.69, 9.17) is 9.47 Å². The van der Waals surface area contributed by atoms with Crippen LogP contribution in [0.25, 0.3) is 0 Å². The first-order valence-electron chi connectivity index (χ1n) is 7.55. The number of carboxylic acid groups (broad SMARTS) is 1. The summed E-state index contributed by atoms with van der Waals surface area (Å²) in [4.78, 5) is 33.9. The summed E-state index contributed by atoms with van der Waals surface area (Å²) in [5.74, 6) is -1.25. The van der Waals surface area contributed by atoms with Crippen LogP contribution in [0.3, 0.4) is 0 Å². The standard InChI is InChI=1S/C19H18O6/c1-12(20)24-16-8-4-14(5-9-16)19(3,18(22)23)15-6-10-17(11-7-15)25-13(2)21/h4-11H,1-3H3,(H,22,23). The maximum absolute atomic E-state index is 12.0. The van der Waals surface area contributed by atoms with Gasteiger partial charge in [0.25, 0.3) is 0 Å². The van der Waals surface area contributed by atoms with Crippen LogP contribution in [0.2, 0.25) is 0 Å². The van der Waals surface area contributed by atoms with Crippen molar-refractivity contribution in [3.05, 3.63) is 59.7 Å². The van der Waals surface area contributed by atoms with E-state index in [-0.39, 0.29) is 0 Å². The van der Waals surface area contributed by atoms with Gasteiger partial charge < -0.3 is 14.6 Å². The summed E-state index contributed by atoms with van der Waals surface area (Å²) in [7, 11) is 0. The molecular weight excluding hydrogens is 324 g/mol. The lowest BCUT2D eigenvalue weighted by Gasteiger charge is -2.26. The molecule has 0 fully saturated rings. The number of carboxylic acids is 1. The highest BCUT2D eigenvalue weighted by Crippen LogP contribution is 2.34. The lowest BCUT2D eigenvalue weighted by molar-refractivity contribution is -0.141. The van der Waals surface area contributed by atoms with Crippen LogP contribution in [0.15, 0.2) is 48.5 Å². The van der Waals surface area contributed by atoms with Gasteiger partial charge in [0.15, 0.2) is 0 Å². The molecular formula is C19H18O6. The van der Waals surface area contributed by atoms with E-state index in [2.05, 4.69) is 0 Å². The highest BCUT2D eigenvalue weighted by atomic mass is 16.5. The highest BCUT2D eigenvalue weighted by Gasteiger charge is 2.37.